The predicted molar refractivity (Wildman–Crippen MR) is 74.1 cm³/mol. The third-order valence-corrected chi connectivity index (χ3v) is 3.84. The summed E-state index contributed by atoms with van der Waals surface area (Å²) in [6.45, 7) is 3.07. The van der Waals surface area contributed by atoms with Crippen molar-refractivity contribution in [2.24, 2.45) is 5.92 Å². The highest BCUT2D eigenvalue weighted by Crippen LogP contribution is 2.24. The van der Waals surface area contributed by atoms with Crippen molar-refractivity contribution in [3.63, 3.8) is 0 Å². The van der Waals surface area contributed by atoms with E-state index in [-0.39, 0.29) is 24.4 Å². The first kappa shape index (κ1) is 15.7. The van der Waals surface area contributed by atoms with Crippen molar-refractivity contribution in [1.82, 2.24) is 10.2 Å². The van der Waals surface area contributed by atoms with Crippen molar-refractivity contribution in [2.75, 3.05) is 33.3 Å². The number of nitrogens with zero attached hydrogens (tertiary/aromatic N) is 1. The van der Waals surface area contributed by atoms with Crippen molar-refractivity contribution >= 4 is 18.3 Å². The second-order valence-corrected chi connectivity index (χ2v) is 5.29. The SMILES string of the molecule is CN(CC1CCCCC1)C(=O)C1CNCCO1.Cl. The Kier molecular flexibility index (Phi) is 6.97. The van der Waals surface area contributed by atoms with E-state index in [0.29, 0.717) is 19.1 Å². The van der Waals surface area contributed by atoms with Crippen molar-refractivity contribution in [2.45, 2.75) is 38.2 Å². The number of rotatable bonds is 3. The molecule has 0 aromatic rings. The minimum Gasteiger partial charge on any atom is -0.366 e. The van der Waals surface area contributed by atoms with E-state index in [4.69, 9.17) is 4.74 Å². The number of hydrogen-bond donors (Lipinski definition) is 1. The summed E-state index contributed by atoms with van der Waals surface area (Å²) in [4.78, 5) is 14.0. The lowest BCUT2D eigenvalue weighted by atomic mass is 9.89. The van der Waals surface area contributed by atoms with E-state index in [2.05, 4.69) is 5.32 Å². The smallest absolute Gasteiger partial charge is 0.252 e. The van der Waals surface area contributed by atoms with Crippen LogP contribution in [0.4, 0.5) is 0 Å². The van der Waals surface area contributed by atoms with Gasteiger partial charge in [0, 0.05) is 26.7 Å². The zero-order valence-corrected chi connectivity index (χ0v) is 12.0. The Morgan fingerprint density at radius 2 is 2.06 bits per heavy atom. The molecule has 1 amide bonds. The second-order valence-electron chi connectivity index (χ2n) is 5.29. The molecular formula is C13H25ClN2O2. The lowest BCUT2D eigenvalue weighted by Gasteiger charge is -2.31. The van der Waals surface area contributed by atoms with Gasteiger partial charge in [-0.25, -0.2) is 0 Å². The number of halogens is 1. The third-order valence-electron chi connectivity index (χ3n) is 3.84. The van der Waals surface area contributed by atoms with Crippen LogP contribution in [0.1, 0.15) is 32.1 Å². The highest BCUT2D eigenvalue weighted by molar-refractivity contribution is 5.85. The highest BCUT2D eigenvalue weighted by atomic mass is 35.5. The summed E-state index contributed by atoms with van der Waals surface area (Å²) in [6.07, 6.45) is 6.31. The molecule has 2 rings (SSSR count). The number of ether oxygens (including phenoxy) is 1. The summed E-state index contributed by atoms with van der Waals surface area (Å²) >= 11 is 0. The van der Waals surface area contributed by atoms with E-state index in [9.17, 15) is 4.79 Å². The van der Waals surface area contributed by atoms with Gasteiger partial charge in [0.25, 0.3) is 5.91 Å². The molecule has 1 atom stereocenters. The normalized spacial score (nSPS) is 25.3. The molecule has 0 aromatic heterocycles. The Morgan fingerprint density at radius 1 is 1.33 bits per heavy atom. The molecule has 18 heavy (non-hydrogen) atoms. The van der Waals surface area contributed by atoms with Gasteiger partial charge in [0.2, 0.25) is 0 Å². The molecule has 1 N–H and O–H groups in total. The van der Waals surface area contributed by atoms with E-state index in [0.717, 1.165) is 13.1 Å². The Hall–Kier alpha value is -0.320. The van der Waals surface area contributed by atoms with E-state index in [1.807, 2.05) is 11.9 Å². The average molecular weight is 277 g/mol. The molecule has 0 aromatic carbocycles. The number of likely N-dealkylation sites (N-methyl/N-ethyl adjacent to an activating group) is 1. The molecule has 1 aliphatic carbocycles. The van der Waals surface area contributed by atoms with E-state index in [1.54, 1.807) is 0 Å². The Balaban J connectivity index is 0.00000162. The van der Waals surface area contributed by atoms with Crippen LogP contribution in [0, 0.1) is 5.92 Å². The summed E-state index contributed by atoms with van der Waals surface area (Å²) in [5.74, 6) is 0.844. The van der Waals surface area contributed by atoms with E-state index < -0.39 is 0 Å². The van der Waals surface area contributed by atoms with Gasteiger partial charge in [-0.2, -0.15) is 0 Å². The van der Waals surface area contributed by atoms with Gasteiger partial charge in [-0.1, -0.05) is 19.3 Å². The first-order valence-corrected chi connectivity index (χ1v) is 6.84. The maximum Gasteiger partial charge on any atom is 0.252 e. The van der Waals surface area contributed by atoms with Crippen LogP contribution in [-0.4, -0.2) is 50.2 Å². The number of nitrogens with one attached hydrogen (secondary N) is 1. The summed E-state index contributed by atoms with van der Waals surface area (Å²) in [6, 6.07) is 0. The fourth-order valence-corrected chi connectivity index (χ4v) is 2.82. The zero-order chi connectivity index (χ0) is 12.1. The second kappa shape index (κ2) is 7.97. The van der Waals surface area contributed by atoms with Crippen LogP contribution in [0.25, 0.3) is 0 Å². The third kappa shape index (κ3) is 4.41. The van der Waals surface area contributed by atoms with Crippen LogP contribution >= 0.6 is 12.4 Å². The standard InChI is InChI=1S/C13H24N2O2.ClH/c1-15(10-11-5-3-2-4-6-11)13(16)12-9-14-7-8-17-12;/h11-12,14H,2-10H2,1H3;1H. The summed E-state index contributed by atoms with van der Waals surface area (Å²) in [7, 11) is 1.91. The molecule has 1 saturated carbocycles. The van der Waals surface area contributed by atoms with Gasteiger partial charge in [0.15, 0.2) is 0 Å². The molecule has 106 valence electrons. The van der Waals surface area contributed by atoms with Crippen LogP contribution in [0.3, 0.4) is 0 Å². The van der Waals surface area contributed by atoms with Gasteiger partial charge >= 0.3 is 0 Å². The van der Waals surface area contributed by atoms with Crippen LogP contribution in [0.2, 0.25) is 0 Å². The van der Waals surface area contributed by atoms with Crippen LogP contribution in [-0.2, 0) is 9.53 Å². The van der Waals surface area contributed by atoms with Gasteiger partial charge in [-0.15, -0.1) is 12.4 Å². The van der Waals surface area contributed by atoms with Gasteiger partial charge in [-0.3, -0.25) is 4.79 Å². The monoisotopic (exact) mass is 276 g/mol. The Bertz CT molecular complexity index is 251. The fraction of sp³-hybridized carbons (Fsp3) is 0.923. The summed E-state index contributed by atoms with van der Waals surface area (Å²) in [5.41, 5.74) is 0. The van der Waals surface area contributed by atoms with Gasteiger partial charge in [0.05, 0.1) is 6.61 Å². The zero-order valence-electron chi connectivity index (χ0n) is 11.2. The largest absolute Gasteiger partial charge is 0.366 e. The van der Waals surface area contributed by atoms with E-state index >= 15 is 0 Å². The van der Waals surface area contributed by atoms with Crippen LogP contribution < -0.4 is 5.32 Å². The number of carbonyl (C=O) groups excluding carboxylic acids is 1. The Labute approximate surface area is 116 Å². The van der Waals surface area contributed by atoms with Crippen LogP contribution in [0.15, 0.2) is 0 Å². The summed E-state index contributed by atoms with van der Waals surface area (Å²) in [5, 5.41) is 3.20. The minimum atomic E-state index is -0.266. The van der Waals surface area contributed by atoms with Crippen molar-refractivity contribution in [3.8, 4) is 0 Å². The van der Waals surface area contributed by atoms with Gasteiger partial charge in [0.1, 0.15) is 6.10 Å². The van der Waals surface area contributed by atoms with Crippen molar-refractivity contribution < 1.29 is 9.53 Å². The number of carbonyl (C=O) groups is 1. The maximum atomic E-state index is 12.1. The molecule has 2 fully saturated rings. The summed E-state index contributed by atoms with van der Waals surface area (Å²) < 4.78 is 5.50. The Morgan fingerprint density at radius 3 is 2.67 bits per heavy atom. The molecule has 5 heteroatoms. The van der Waals surface area contributed by atoms with E-state index in [1.165, 1.54) is 32.1 Å². The van der Waals surface area contributed by atoms with Gasteiger partial charge in [-0.05, 0) is 18.8 Å². The lowest BCUT2D eigenvalue weighted by molar-refractivity contribution is -0.144. The number of hydrogen-bond acceptors (Lipinski definition) is 3. The molecule has 2 aliphatic rings. The van der Waals surface area contributed by atoms with Gasteiger partial charge < -0.3 is 15.0 Å². The predicted octanol–water partition coefficient (Wildman–Crippen LogP) is 1.44. The van der Waals surface area contributed by atoms with Crippen molar-refractivity contribution in [1.29, 1.82) is 0 Å². The topological polar surface area (TPSA) is 41.6 Å². The molecule has 0 bridgehead atoms. The molecule has 4 nitrogen and oxygen atoms in total. The maximum absolute atomic E-state index is 12.1. The molecule has 1 aliphatic heterocycles. The fourth-order valence-electron chi connectivity index (χ4n) is 2.82. The molecule has 1 saturated heterocycles. The number of amides is 1. The minimum absolute atomic E-state index is 0. The molecule has 0 spiro atoms. The quantitative estimate of drug-likeness (QED) is 0.848. The highest BCUT2D eigenvalue weighted by Gasteiger charge is 2.26. The van der Waals surface area contributed by atoms with Crippen molar-refractivity contribution in [3.05, 3.63) is 0 Å². The first-order valence-electron chi connectivity index (χ1n) is 6.84. The average Bonchev–Trinajstić information content (AvgIpc) is 2.40. The lowest BCUT2D eigenvalue weighted by Crippen LogP contribution is -2.49. The first-order chi connectivity index (χ1) is 8.27. The molecule has 1 heterocycles. The molecule has 0 radical (unpaired) electrons. The number of morpholine rings is 1. The molecular weight excluding hydrogens is 252 g/mol. The van der Waals surface area contributed by atoms with Crippen LogP contribution in [0.5, 0.6) is 0 Å². The molecule has 1 unspecified atom stereocenters.